The van der Waals surface area contributed by atoms with E-state index in [1.807, 2.05) is 12.1 Å². The molecule has 30 heavy (non-hydrogen) atoms. The highest BCUT2D eigenvalue weighted by atomic mass is 35.5. The molecule has 3 aromatic rings. The number of nitrogens with zero attached hydrogens (tertiary/aromatic N) is 4. The van der Waals surface area contributed by atoms with Crippen molar-refractivity contribution < 1.29 is 14.3 Å². The van der Waals surface area contributed by atoms with Crippen LogP contribution in [-0.4, -0.2) is 46.6 Å². The van der Waals surface area contributed by atoms with Crippen LogP contribution in [0.2, 0.25) is 5.02 Å². The maximum Gasteiger partial charge on any atom is 0.296 e. The maximum atomic E-state index is 12.8. The second kappa shape index (κ2) is 9.06. The van der Waals surface area contributed by atoms with Crippen LogP contribution >= 0.6 is 22.9 Å². The summed E-state index contributed by atoms with van der Waals surface area (Å²) in [5.41, 5.74) is 1.29. The lowest BCUT2D eigenvalue weighted by molar-refractivity contribution is -0.120. The molecular weight excluding hydrogens is 428 g/mol. The summed E-state index contributed by atoms with van der Waals surface area (Å²) < 4.78 is 5.62. The molecule has 4 rings (SSSR count). The smallest absolute Gasteiger partial charge is 0.296 e. The number of benzene rings is 1. The number of carbonyl (C=O) groups excluding carboxylic acids is 2. The van der Waals surface area contributed by atoms with Crippen LogP contribution < -0.4 is 20.3 Å². The Labute approximate surface area is 181 Å². The average Bonchev–Trinajstić information content (AvgIpc) is 3.20. The molecule has 11 heteroatoms. The molecule has 0 spiro atoms. The number of carbonyl (C=O) groups is 2. The Balaban J connectivity index is 1.41. The Morgan fingerprint density at radius 1 is 1.27 bits per heavy atom. The first kappa shape index (κ1) is 20.0. The van der Waals surface area contributed by atoms with E-state index in [1.165, 1.54) is 0 Å². The minimum atomic E-state index is -0.385. The number of halogens is 1. The Morgan fingerprint density at radius 2 is 2.10 bits per heavy atom. The van der Waals surface area contributed by atoms with Crippen molar-refractivity contribution in [3.8, 4) is 5.19 Å². The summed E-state index contributed by atoms with van der Waals surface area (Å²) in [6.07, 6.45) is 1.59. The van der Waals surface area contributed by atoms with E-state index in [0.717, 1.165) is 16.9 Å². The number of anilines is 2. The summed E-state index contributed by atoms with van der Waals surface area (Å²) in [4.78, 5) is 30.5. The van der Waals surface area contributed by atoms with Gasteiger partial charge in [-0.25, -0.2) is 4.98 Å². The molecule has 0 bridgehead atoms. The third-order valence-electron chi connectivity index (χ3n) is 4.27. The molecule has 1 fully saturated rings. The Hall–Kier alpha value is -3.24. The van der Waals surface area contributed by atoms with E-state index in [2.05, 4.69) is 25.8 Å². The van der Waals surface area contributed by atoms with Gasteiger partial charge in [-0.15, -0.1) is 5.10 Å². The van der Waals surface area contributed by atoms with Gasteiger partial charge in [-0.2, -0.15) is 0 Å². The lowest BCUT2D eigenvalue weighted by Gasteiger charge is -2.28. The number of piperazine rings is 1. The van der Waals surface area contributed by atoms with Gasteiger partial charge in [0, 0.05) is 24.3 Å². The summed E-state index contributed by atoms with van der Waals surface area (Å²) in [5, 5.41) is 14.7. The van der Waals surface area contributed by atoms with Crippen LogP contribution in [0, 0.1) is 0 Å². The fourth-order valence-electron chi connectivity index (χ4n) is 2.85. The third-order valence-corrected chi connectivity index (χ3v) is 5.27. The summed E-state index contributed by atoms with van der Waals surface area (Å²) in [5.74, 6) is -0.0390. The zero-order valence-corrected chi connectivity index (χ0v) is 17.2. The first-order chi connectivity index (χ1) is 14.6. The monoisotopic (exact) mass is 444 g/mol. The molecule has 1 aliphatic heterocycles. The molecule has 0 unspecified atom stereocenters. The third kappa shape index (κ3) is 4.84. The lowest BCUT2D eigenvalue weighted by Crippen LogP contribution is -2.48. The minimum absolute atomic E-state index is 0.107. The Morgan fingerprint density at radius 3 is 2.90 bits per heavy atom. The molecular formula is C19H17ClN6O3S. The Kier molecular flexibility index (Phi) is 6.05. The normalized spacial score (nSPS) is 13.6. The highest BCUT2D eigenvalue weighted by Crippen LogP contribution is 2.25. The van der Waals surface area contributed by atoms with E-state index in [4.69, 9.17) is 16.3 Å². The van der Waals surface area contributed by atoms with E-state index in [9.17, 15) is 9.59 Å². The fraction of sp³-hybridized carbons (Fsp3) is 0.211. The second-order valence-corrected chi connectivity index (χ2v) is 7.76. The summed E-state index contributed by atoms with van der Waals surface area (Å²) in [6, 6.07) is 10.6. The molecule has 3 heterocycles. The number of rotatable bonds is 6. The van der Waals surface area contributed by atoms with Gasteiger partial charge >= 0.3 is 0 Å². The lowest BCUT2D eigenvalue weighted by atomic mass is 10.2. The number of hydrogen-bond donors (Lipinski definition) is 2. The molecule has 1 aliphatic rings. The summed E-state index contributed by atoms with van der Waals surface area (Å²) in [7, 11) is 0. The van der Waals surface area contributed by atoms with Crippen molar-refractivity contribution in [2.24, 2.45) is 0 Å². The first-order valence-corrected chi connectivity index (χ1v) is 10.3. The van der Waals surface area contributed by atoms with Crippen LogP contribution in [0.5, 0.6) is 5.19 Å². The standard InChI is InChI=1S/C19H17ClN6O3S/c20-13-5-3-12(4-6-13)11-29-19-25-24-18(30-19)23-17(28)14-2-1-7-22-16(14)26-9-8-21-15(27)10-26/h1-7H,8-11H2,(H,21,27)(H,23,24,28). The van der Waals surface area contributed by atoms with Gasteiger partial charge in [0.1, 0.15) is 12.4 Å². The topological polar surface area (TPSA) is 109 Å². The van der Waals surface area contributed by atoms with Crippen molar-refractivity contribution in [2.75, 3.05) is 29.9 Å². The molecule has 1 saturated heterocycles. The van der Waals surface area contributed by atoms with Crippen LogP contribution in [0.15, 0.2) is 42.6 Å². The minimum Gasteiger partial charge on any atom is -0.464 e. The number of pyridine rings is 1. The van der Waals surface area contributed by atoms with Crippen molar-refractivity contribution >= 4 is 45.7 Å². The molecule has 2 N–H and O–H groups in total. The summed E-state index contributed by atoms with van der Waals surface area (Å²) in [6.45, 7) is 1.54. The molecule has 0 aliphatic carbocycles. The first-order valence-electron chi connectivity index (χ1n) is 9.07. The van der Waals surface area contributed by atoms with E-state index in [-0.39, 0.29) is 18.4 Å². The SMILES string of the molecule is O=C1CN(c2ncccc2C(=O)Nc2nnc(OCc3ccc(Cl)cc3)s2)CCN1. The molecule has 9 nitrogen and oxygen atoms in total. The number of amides is 2. The predicted molar refractivity (Wildman–Crippen MR) is 113 cm³/mol. The zero-order valence-electron chi connectivity index (χ0n) is 15.7. The molecule has 1 aromatic carbocycles. The molecule has 0 radical (unpaired) electrons. The molecule has 154 valence electrons. The largest absolute Gasteiger partial charge is 0.464 e. The average molecular weight is 445 g/mol. The number of nitrogens with one attached hydrogen (secondary N) is 2. The molecule has 0 atom stereocenters. The quantitative estimate of drug-likeness (QED) is 0.600. The van der Waals surface area contributed by atoms with Crippen molar-refractivity contribution in [2.45, 2.75) is 6.61 Å². The van der Waals surface area contributed by atoms with Crippen LogP contribution in [0.4, 0.5) is 10.9 Å². The van der Waals surface area contributed by atoms with Crippen LogP contribution in [0.1, 0.15) is 15.9 Å². The van der Waals surface area contributed by atoms with Crippen molar-refractivity contribution in [3.63, 3.8) is 0 Å². The van der Waals surface area contributed by atoms with E-state index in [1.54, 1.807) is 35.4 Å². The van der Waals surface area contributed by atoms with Gasteiger partial charge in [-0.1, -0.05) is 28.8 Å². The van der Waals surface area contributed by atoms with Crippen LogP contribution in [-0.2, 0) is 11.4 Å². The van der Waals surface area contributed by atoms with Gasteiger partial charge in [0.05, 0.1) is 12.1 Å². The van der Waals surface area contributed by atoms with Gasteiger partial charge < -0.3 is 15.0 Å². The van der Waals surface area contributed by atoms with Crippen molar-refractivity contribution in [3.05, 3.63) is 58.7 Å². The van der Waals surface area contributed by atoms with E-state index < -0.39 is 0 Å². The van der Waals surface area contributed by atoms with Crippen LogP contribution in [0.25, 0.3) is 0 Å². The number of aromatic nitrogens is 3. The Bertz CT molecular complexity index is 1060. The fourth-order valence-corrected chi connectivity index (χ4v) is 3.57. The molecule has 0 saturated carbocycles. The predicted octanol–water partition coefficient (Wildman–Crippen LogP) is 2.35. The zero-order chi connectivity index (χ0) is 20.9. The van der Waals surface area contributed by atoms with Crippen molar-refractivity contribution in [1.82, 2.24) is 20.5 Å². The van der Waals surface area contributed by atoms with Gasteiger partial charge in [0.25, 0.3) is 11.1 Å². The summed E-state index contributed by atoms with van der Waals surface area (Å²) >= 11 is 6.99. The highest BCUT2D eigenvalue weighted by Gasteiger charge is 2.23. The maximum absolute atomic E-state index is 12.8. The van der Waals surface area contributed by atoms with Crippen LogP contribution in [0.3, 0.4) is 0 Å². The van der Waals surface area contributed by atoms with E-state index in [0.29, 0.717) is 46.4 Å². The number of hydrogen-bond acceptors (Lipinski definition) is 8. The highest BCUT2D eigenvalue weighted by molar-refractivity contribution is 7.17. The molecule has 2 aromatic heterocycles. The van der Waals surface area contributed by atoms with Gasteiger partial charge in [-0.05, 0) is 41.2 Å². The number of ether oxygens (including phenoxy) is 1. The van der Waals surface area contributed by atoms with Gasteiger partial charge in [-0.3, -0.25) is 14.9 Å². The van der Waals surface area contributed by atoms with Crippen molar-refractivity contribution in [1.29, 1.82) is 0 Å². The molecule has 2 amide bonds. The second-order valence-electron chi connectivity index (χ2n) is 6.39. The van der Waals surface area contributed by atoms with E-state index >= 15 is 0 Å². The van der Waals surface area contributed by atoms with Gasteiger partial charge in [0.15, 0.2) is 0 Å². The van der Waals surface area contributed by atoms with Gasteiger partial charge in [0.2, 0.25) is 11.0 Å².